The Bertz CT molecular complexity index is 380. The van der Waals surface area contributed by atoms with E-state index in [1.165, 1.54) is 0 Å². The van der Waals surface area contributed by atoms with Crippen LogP contribution in [0.5, 0.6) is 5.75 Å². The molecule has 3 heteroatoms. The highest BCUT2D eigenvalue weighted by atomic mass is 16.5. The molecule has 0 unspecified atom stereocenters. The molecule has 3 nitrogen and oxygen atoms in total. The third kappa shape index (κ3) is 3.56. The van der Waals surface area contributed by atoms with Crippen molar-refractivity contribution in [2.75, 3.05) is 13.7 Å². The Morgan fingerprint density at radius 3 is 2.69 bits per heavy atom. The molecule has 0 bridgehead atoms. The second kappa shape index (κ2) is 6.14. The molecule has 0 aliphatic rings. The molecule has 1 aromatic carbocycles. The van der Waals surface area contributed by atoms with Gasteiger partial charge in [0.2, 0.25) is 0 Å². The second-order valence-electron chi connectivity index (χ2n) is 4.06. The van der Waals surface area contributed by atoms with Crippen LogP contribution in [-0.4, -0.2) is 13.7 Å². The van der Waals surface area contributed by atoms with E-state index in [1.54, 1.807) is 13.2 Å². The SMILES string of the molecule is COc1cc(COCC(C)C)ccc1C#N. The summed E-state index contributed by atoms with van der Waals surface area (Å²) in [5, 5.41) is 8.83. The molecule has 86 valence electrons. The monoisotopic (exact) mass is 219 g/mol. The molecule has 0 aromatic heterocycles. The van der Waals surface area contributed by atoms with E-state index in [1.807, 2.05) is 12.1 Å². The molecule has 0 amide bonds. The summed E-state index contributed by atoms with van der Waals surface area (Å²) in [6.45, 7) is 5.52. The molecular formula is C13H17NO2. The van der Waals surface area contributed by atoms with E-state index in [9.17, 15) is 0 Å². The molecule has 0 aliphatic heterocycles. The molecule has 0 heterocycles. The third-order valence-corrected chi connectivity index (χ3v) is 2.11. The van der Waals surface area contributed by atoms with Gasteiger partial charge in [0.15, 0.2) is 0 Å². The average Bonchev–Trinajstić information content (AvgIpc) is 2.28. The number of nitriles is 1. The highest BCUT2D eigenvalue weighted by molar-refractivity contribution is 5.45. The average molecular weight is 219 g/mol. The van der Waals surface area contributed by atoms with Crippen molar-refractivity contribution in [1.82, 2.24) is 0 Å². The van der Waals surface area contributed by atoms with E-state index in [4.69, 9.17) is 14.7 Å². The van der Waals surface area contributed by atoms with Gasteiger partial charge < -0.3 is 9.47 Å². The van der Waals surface area contributed by atoms with E-state index in [2.05, 4.69) is 19.9 Å². The number of hydrogen-bond donors (Lipinski definition) is 0. The molecule has 16 heavy (non-hydrogen) atoms. The van der Waals surface area contributed by atoms with Gasteiger partial charge in [0.1, 0.15) is 11.8 Å². The molecule has 0 atom stereocenters. The minimum absolute atomic E-state index is 0.528. The van der Waals surface area contributed by atoms with Crippen LogP contribution in [0.2, 0.25) is 0 Å². The van der Waals surface area contributed by atoms with Gasteiger partial charge in [-0.1, -0.05) is 19.9 Å². The number of ether oxygens (including phenoxy) is 2. The first-order valence-electron chi connectivity index (χ1n) is 5.32. The van der Waals surface area contributed by atoms with Gasteiger partial charge in [0.25, 0.3) is 0 Å². The Morgan fingerprint density at radius 2 is 2.12 bits per heavy atom. The molecule has 1 rings (SSSR count). The van der Waals surface area contributed by atoms with Crippen LogP contribution in [0.4, 0.5) is 0 Å². The predicted octanol–water partition coefficient (Wildman–Crippen LogP) is 2.74. The van der Waals surface area contributed by atoms with Crippen LogP contribution in [0.15, 0.2) is 18.2 Å². The van der Waals surface area contributed by atoms with Crippen molar-refractivity contribution < 1.29 is 9.47 Å². The lowest BCUT2D eigenvalue weighted by Crippen LogP contribution is -2.02. The smallest absolute Gasteiger partial charge is 0.136 e. The first kappa shape index (κ1) is 12.5. The highest BCUT2D eigenvalue weighted by Gasteiger charge is 2.04. The Labute approximate surface area is 96.6 Å². The number of hydrogen-bond acceptors (Lipinski definition) is 3. The zero-order valence-corrected chi connectivity index (χ0v) is 9.99. The normalized spacial score (nSPS) is 10.2. The lowest BCUT2D eigenvalue weighted by molar-refractivity contribution is 0.0969. The summed E-state index contributed by atoms with van der Waals surface area (Å²) < 4.78 is 10.6. The molecular weight excluding hydrogens is 202 g/mol. The summed E-state index contributed by atoms with van der Waals surface area (Å²) in [5.41, 5.74) is 1.58. The number of methoxy groups -OCH3 is 1. The molecule has 0 fully saturated rings. The van der Waals surface area contributed by atoms with Crippen molar-refractivity contribution in [3.63, 3.8) is 0 Å². The summed E-state index contributed by atoms with van der Waals surface area (Å²) in [6, 6.07) is 7.58. The molecule has 1 aromatic rings. The Morgan fingerprint density at radius 1 is 1.38 bits per heavy atom. The van der Waals surface area contributed by atoms with Crippen molar-refractivity contribution in [3.8, 4) is 11.8 Å². The maximum absolute atomic E-state index is 8.83. The lowest BCUT2D eigenvalue weighted by Gasteiger charge is -2.08. The summed E-state index contributed by atoms with van der Waals surface area (Å²) in [5.74, 6) is 1.13. The maximum atomic E-state index is 8.83. The van der Waals surface area contributed by atoms with Gasteiger partial charge in [-0.3, -0.25) is 0 Å². The van der Waals surface area contributed by atoms with Gasteiger partial charge in [-0.25, -0.2) is 0 Å². The van der Waals surface area contributed by atoms with Crippen molar-refractivity contribution in [3.05, 3.63) is 29.3 Å². The van der Waals surface area contributed by atoms with Crippen LogP contribution in [-0.2, 0) is 11.3 Å². The van der Waals surface area contributed by atoms with Crippen LogP contribution >= 0.6 is 0 Å². The summed E-state index contributed by atoms with van der Waals surface area (Å²) in [6.07, 6.45) is 0. The van der Waals surface area contributed by atoms with E-state index in [-0.39, 0.29) is 0 Å². The lowest BCUT2D eigenvalue weighted by atomic mass is 10.1. The van der Waals surface area contributed by atoms with Crippen LogP contribution in [0.3, 0.4) is 0 Å². The van der Waals surface area contributed by atoms with Gasteiger partial charge in [0.05, 0.1) is 19.3 Å². The van der Waals surface area contributed by atoms with Crippen LogP contribution in [0.25, 0.3) is 0 Å². The van der Waals surface area contributed by atoms with Gasteiger partial charge in [0, 0.05) is 6.61 Å². The fraction of sp³-hybridized carbons (Fsp3) is 0.462. The fourth-order valence-corrected chi connectivity index (χ4v) is 1.33. The first-order valence-corrected chi connectivity index (χ1v) is 5.32. The topological polar surface area (TPSA) is 42.2 Å². The van der Waals surface area contributed by atoms with Crippen molar-refractivity contribution in [2.45, 2.75) is 20.5 Å². The quantitative estimate of drug-likeness (QED) is 0.764. The fourth-order valence-electron chi connectivity index (χ4n) is 1.33. The summed E-state index contributed by atoms with van der Waals surface area (Å²) in [7, 11) is 1.56. The standard InChI is InChI=1S/C13H17NO2/c1-10(2)8-16-9-11-4-5-12(7-14)13(6-11)15-3/h4-6,10H,8-9H2,1-3H3. The van der Waals surface area contributed by atoms with Gasteiger partial charge >= 0.3 is 0 Å². The number of benzene rings is 1. The summed E-state index contributed by atoms with van der Waals surface area (Å²) >= 11 is 0. The first-order chi connectivity index (χ1) is 7.67. The minimum atomic E-state index is 0.528. The minimum Gasteiger partial charge on any atom is -0.495 e. The molecule has 0 N–H and O–H groups in total. The van der Waals surface area contributed by atoms with E-state index >= 15 is 0 Å². The molecule has 0 saturated heterocycles. The predicted molar refractivity (Wildman–Crippen MR) is 62.2 cm³/mol. The Hall–Kier alpha value is -1.53. The second-order valence-corrected chi connectivity index (χ2v) is 4.06. The third-order valence-electron chi connectivity index (χ3n) is 2.11. The highest BCUT2D eigenvalue weighted by Crippen LogP contribution is 2.19. The van der Waals surface area contributed by atoms with Gasteiger partial charge in [-0.05, 0) is 23.6 Å². The molecule has 0 radical (unpaired) electrons. The van der Waals surface area contributed by atoms with Gasteiger partial charge in [-0.2, -0.15) is 5.26 Å². The Balaban J connectivity index is 2.65. The maximum Gasteiger partial charge on any atom is 0.136 e. The zero-order chi connectivity index (χ0) is 12.0. The number of nitrogens with zero attached hydrogens (tertiary/aromatic N) is 1. The zero-order valence-electron chi connectivity index (χ0n) is 9.99. The molecule has 0 spiro atoms. The van der Waals surface area contributed by atoms with E-state index in [0.29, 0.717) is 23.8 Å². The molecule has 0 aliphatic carbocycles. The molecule has 0 saturated carbocycles. The van der Waals surface area contributed by atoms with E-state index in [0.717, 1.165) is 12.2 Å². The summed E-state index contributed by atoms with van der Waals surface area (Å²) in [4.78, 5) is 0. The van der Waals surface area contributed by atoms with Crippen LogP contribution < -0.4 is 4.74 Å². The van der Waals surface area contributed by atoms with Crippen molar-refractivity contribution in [1.29, 1.82) is 5.26 Å². The van der Waals surface area contributed by atoms with Gasteiger partial charge in [-0.15, -0.1) is 0 Å². The van der Waals surface area contributed by atoms with Crippen molar-refractivity contribution in [2.24, 2.45) is 5.92 Å². The van der Waals surface area contributed by atoms with Crippen molar-refractivity contribution >= 4 is 0 Å². The number of rotatable bonds is 5. The van der Waals surface area contributed by atoms with Crippen LogP contribution in [0, 0.1) is 17.2 Å². The van der Waals surface area contributed by atoms with Crippen LogP contribution in [0.1, 0.15) is 25.0 Å². The van der Waals surface area contributed by atoms with E-state index < -0.39 is 0 Å². The Kier molecular flexibility index (Phi) is 4.81. The largest absolute Gasteiger partial charge is 0.495 e.